The van der Waals surface area contributed by atoms with Gasteiger partial charge in [-0.3, -0.25) is 9.10 Å². The Bertz CT molecular complexity index is 891. The number of nitrogens with one attached hydrogen (secondary N) is 1. The van der Waals surface area contributed by atoms with Gasteiger partial charge in [-0.25, -0.2) is 8.42 Å². The molecule has 1 aliphatic rings. The van der Waals surface area contributed by atoms with E-state index in [1.54, 1.807) is 55.6 Å². The third-order valence-electron chi connectivity index (χ3n) is 5.19. The molecule has 1 saturated carbocycles. The fourth-order valence-corrected chi connectivity index (χ4v) is 5.39. The summed E-state index contributed by atoms with van der Waals surface area (Å²) in [4.78, 5) is 13.3. The van der Waals surface area contributed by atoms with Gasteiger partial charge in [0.1, 0.15) is 0 Å². The van der Waals surface area contributed by atoms with Crippen molar-refractivity contribution < 1.29 is 13.2 Å². The Labute approximate surface area is 177 Å². The molecule has 2 aromatic carbocycles. The van der Waals surface area contributed by atoms with Crippen molar-refractivity contribution in [3.8, 4) is 0 Å². The van der Waals surface area contributed by atoms with Crippen molar-refractivity contribution in [3.63, 3.8) is 0 Å². The van der Waals surface area contributed by atoms with E-state index < -0.39 is 10.0 Å². The van der Waals surface area contributed by atoms with Crippen molar-refractivity contribution in [3.05, 3.63) is 54.6 Å². The van der Waals surface area contributed by atoms with E-state index in [9.17, 15) is 13.2 Å². The van der Waals surface area contributed by atoms with Crippen molar-refractivity contribution in [2.45, 2.75) is 54.4 Å². The zero-order valence-electron chi connectivity index (χ0n) is 16.7. The number of amides is 1. The zero-order valence-corrected chi connectivity index (χ0v) is 18.3. The van der Waals surface area contributed by atoms with Crippen LogP contribution in [-0.2, 0) is 14.8 Å². The number of hydrogen-bond donors (Lipinski definition) is 1. The van der Waals surface area contributed by atoms with Crippen LogP contribution in [0, 0.1) is 0 Å². The summed E-state index contributed by atoms with van der Waals surface area (Å²) in [6, 6.07) is 16.0. The highest BCUT2D eigenvalue weighted by Crippen LogP contribution is 2.25. The Balaban J connectivity index is 1.56. The molecule has 1 N–H and O–H groups in total. The molecule has 156 valence electrons. The molecule has 0 spiro atoms. The summed E-state index contributed by atoms with van der Waals surface area (Å²) in [5.74, 6) is 0.384. The molecule has 0 bridgehead atoms. The monoisotopic (exact) mass is 432 g/mol. The maximum Gasteiger partial charge on any atom is 0.264 e. The van der Waals surface area contributed by atoms with E-state index in [1.165, 1.54) is 41.8 Å². The fraction of sp³-hybridized carbons (Fsp3) is 0.409. The Morgan fingerprint density at radius 2 is 1.62 bits per heavy atom. The quantitative estimate of drug-likeness (QED) is 0.519. The predicted molar refractivity (Wildman–Crippen MR) is 119 cm³/mol. The lowest BCUT2D eigenvalue weighted by Crippen LogP contribution is -2.35. The first kappa shape index (κ1) is 21.7. The Morgan fingerprint density at radius 1 is 1.00 bits per heavy atom. The van der Waals surface area contributed by atoms with Gasteiger partial charge in [-0.05, 0) is 49.2 Å². The van der Waals surface area contributed by atoms with Crippen LogP contribution in [0.3, 0.4) is 0 Å². The molecule has 1 amide bonds. The van der Waals surface area contributed by atoms with Crippen LogP contribution in [0.15, 0.2) is 64.4 Å². The molecule has 0 saturated heterocycles. The average molecular weight is 433 g/mol. The minimum absolute atomic E-state index is 0.0439. The van der Waals surface area contributed by atoms with Gasteiger partial charge in [0.2, 0.25) is 5.91 Å². The van der Waals surface area contributed by atoms with E-state index in [0.29, 0.717) is 17.5 Å². The third-order valence-corrected chi connectivity index (χ3v) is 8.00. The number of carbonyl (C=O) groups excluding carboxylic acids is 1. The normalized spacial score (nSPS) is 15.5. The smallest absolute Gasteiger partial charge is 0.264 e. The predicted octanol–water partition coefficient (Wildman–Crippen LogP) is 4.44. The van der Waals surface area contributed by atoms with Crippen LogP contribution >= 0.6 is 11.8 Å². The number of para-hydroxylation sites is 1. The molecule has 0 aliphatic heterocycles. The molecule has 0 atom stereocenters. The van der Waals surface area contributed by atoms with Crippen molar-refractivity contribution in [2.24, 2.45) is 0 Å². The maximum atomic E-state index is 12.8. The Kier molecular flexibility index (Phi) is 7.61. The lowest BCUT2D eigenvalue weighted by Gasteiger charge is -2.19. The summed E-state index contributed by atoms with van der Waals surface area (Å²) in [6.07, 6.45) is 7.03. The molecule has 1 fully saturated rings. The molecule has 5 nitrogen and oxygen atoms in total. The van der Waals surface area contributed by atoms with Crippen LogP contribution < -0.4 is 9.62 Å². The highest BCUT2D eigenvalue weighted by molar-refractivity contribution is 8.00. The summed E-state index contributed by atoms with van der Waals surface area (Å²) in [7, 11) is -2.07. The van der Waals surface area contributed by atoms with E-state index in [2.05, 4.69) is 5.32 Å². The molecule has 0 radical (unpaired) electrons. The second kappa shape index (κ2) is 10.2. The number of hydrogen-bond acceptors (Lipinski definition) is 4. The lowest BCUT2D eigenvalue weighted by atomic mass is 10.1. The first-order valence-electron chi connectivity index (χ1n) is 10.0. The number of carbonyl (C=O) groups is 1. The van der Waals surface area contributed by atoms with Crippen LogP contribution in [0.4, 0.5) is 5.69 Å². The maximum absolute atomic E-state index is 12.8. The summed E-state index contributed by atoms with van der Waals surface area (Å²) >= 11 is 1.43. The van der Waals surface area contributed by atoms with Gasteiger partial charge < -0.3 is 5.32 Å². The van der Waals surface area contributed by atoms with Crippen molar-refractivity contribution >= 4 is 33.4 Å². The number of sulfonamides is 1. The Morgan fingerprint density at radius 3 is 2.24 bits per heavy atom. The van der Waals surface area contributed by atoms with E-state index in [4.69, 9.17) is 0 Å². The summed E-state index contributed by atoms with van der Waals surface area (Å²) in [6.45, 7) is 0. The van der Waals surface area contributed by atoms with Gasteiger partial charge in [-0.15, -0.1) is 11.8 Å². The number of benzene rings is 2. The molecule has 2 aromatic rings. The fourth-order valence-electron chi connectivity index (χ4n) is 3.48. The van der Waals surface area contributed by atoms with Crippen LogP contribution in [0.1, 0.15) is 38.5 Å². The average Bonchev–Trinajstić information content (AvgIpc) is 3.01. The first-order valence-corrected chi connectivity index (χ1v) is 12.5. The topological polar surface area (TPSA) is 66.5 Å². The van der Waals surface area contributed by atoms with Crippen LogP contribution in [-0.4, -0.2) is 33.2 Å². The van der Waals surface area contributed by atoms with Gasteiger partial charge >= 0.3 is 0 Å². The minimum Gasteiger partial charge on any atom is -0.353 e. The second-order valence-corrected chi connectivity index (χ2v) is 10.3. The highest BCUT2D eigenvalue weighted by atomic mass is 32.2. The molecular formula is C22H28N2O3S2. The standard InChI is InChI=1S/C22H28N2O3S2/c1-24(19-11-7-4-8-12-19)29(26,27)21-15-13-20(14-16-21)28-17-22(25)23-18-9-5-2-3-6-10-18/h4,7-8,11-16,18H,2-3,5-6,9-10,17H2,1H3,(H,23,25). The first-order chi connectivity index (χ1) is 14.0. The minimum atomic E-state index is -3.62. The van der Waals surface area contributed by atoms with Gasteiger partial charge in [0, 0.05) is 18.0 Å². The molecule has 1 aliphatic carbocycles. The van der Waals surface area contributed by atoms with Gasteiger partial charge in [-0.2, -0.15) is 0 Å². The van der Waals surface area contributed by atoms with Gasteiger partial charge in [0.05, 0.1) is 16.3 Å². The SMILES string of the molecule is CN(c1ccccc1)S(=O)(=O)c1ccc(SCC(=O)NC2CCCCCC2)cc1. The summed E-state index contributed by atoms with van der Waals surface area (Å²) < 4.78 is 26.9. The zero-order chi connectivity index (χ0) is 20.7. The van der Waals surface area contributed by atoms with Gasteiger partial charge in [-0.1, -0.05) is 43.9 Å². The van der Waals surface area contributed by atoms with Gasteiger partial charge in [0.15, 0.2) is 0 Å². The largest absolute Gasteiger partial charge is 0.353 e. The third kappa shape index (κ3) is 6.00. The number of nitrogens with zero attached hydrogens (tertiary/aromatic N) is 1. The molecule has 7 heteroatoms. The van der Waals surface area contributed by atoms with E-state index >= 15 is 0 Å². The molecule has 0 aromatic heterocycles. The highest BCUT2D eigenvalue weighted by Gasteiger charge is 2.21. The molecule has 3 rings (SSSR count). The number of anilines is 1. The van der Waals surface area contributed by atoms with Crippen LogP contribution in [0.2, 0.25) is 0 Å². The van der Waals surface area contributed by atoms with Crippen molar-refractivity contribution in [2.75, 3.05) is 17.1 Å². The van der Waals surface area contributed by atoms with E-state index in [-0.39, 0.29) is 10.8 Å². The lowest BCUT2D eigenvalue weighted by molar-refractivity contribution is -0.119. The van der Waals surface area contributed by atoms with Crippen molar-refractivity contribution in [1.29, 1.82) is 0 Å². The molecule has 0 unspecified atom stereocenters. The second-order valence-electron chi connectivity index (χ2n) is 7.32. The van der Waals surface area contributed by atoms with Crippen LogP contribution in [0.25, 0.3) is 0 Å². The Hall–Kier alpha value is -1.99. The van der Waals surface area contributed by atoms with E-state index in [0.717, 1.165) is 17.7 Å². The summed E-state index contributed by atoms with van der Waals surface area (Å²) in [5, 5.41) is 3.14. The van der Waals surface area contributed by atoms with Crippen LogP contribution in [0.5, 0.6) is 0 Å². The molecular weight excluding hydrogens is 404 g/mol. The molecule has 29 heavy (non-hydrogen) atoms. The summed E-state index contributed by atoms with van der Waals surface area (Å²) in [5.41, 5.74) is 0.612. The van der Waals surface area contributed by atoms with E-state index in [1.807, 2.05) is 6.07 Å². The van der Waals surface area contributed by atoms with Crippen molar-refractivity contribution in [1.82, 2.24) is 5.32 Å². The molecule has 0 heterocycles. The number of rotatable bonds is 7. The number of thioether (sulfide) groups is 1. The van der Waals surface area contributed by atoms with Gasteiger partial charge in [0.25, 0.3) is 10.0 Å².